The standard InChI is InChI=1S/C14H19N3O2/c1-9-7-8-18-12(9)13-16-14(19-17-13)10-3-5-11(15-2)6-4-10/h7-8,10-11,15H,3-6H2,1-2H3. The summed E-state index contributed by atoms with van der Waals surface area (Å²) in [6, 6.07) is 2.54. The van der Waals surface area contributed by atoms with Crippen LogP contribution in [0.5, 0.6) is 0 Å². The highest BCUT2D eigenvalue weighted by atomic mass is 16.5. The largest absolute Gasteiger partial charge is 0.461 e. The van der Waals surface area contributed by atoms with Crippen LogP contribution in [0.3, 0.4) is 0 Å². The lowest BCUT2D eigenvalue weighted by atomic mass is 9.86. The van der Waals surface area contributed by atoms with Gasteiger partial charge in [0.05, 0.1) is 6.26 Å². The summed E-state index contributed by atoms with van der Waals surface area (Å²) in [5.74, 6) is 2.41. The number of nitrogens with one attached hydrogen (secondary N) is 1. The SMILES string of the molecule is CNC1CCC(c2nc(-c3occc3C)no2)CC1. The van der Waals surface area contributed by atoms with Crippen molar-refractivity contribution < 1.29 is 8.94 Å². The Morgan fingerprint density at radius 1 is 1.26 bits per heavy atom. The fourth-order valence-electron chi connectivity index (χ4n) is 2.72. The monoisotopic (exact) mass is 261 g/mol. The molecular weight excluding hydrogens is 242 g/mol. The van der Waals surface area contributed by atoms with E-state index in [1.807, 2.05) is 20.0 Å². The number of nitrogens with zero attached hydrogens (tertiary/aromatic N) is 2. The highest BCUT2D eigenvalue weighted by Gasteiger charge is 2.26. The van der Waals surface area contributed by atoms with Gasteiger partial charge >= 0.3 is 0 Å². The number of hydrogen-bond donors (Lipinski definition) is 1. The molecule has 5 heteroatoms. The quantitative estimate of drug-likeness (QED) is 0.920. The van der Waals surface area contributed by atoms with Gasteiger partial charge in [-0.2, -0.15) is 4.98 Å². The van der Waals surface area contributed by atoms with Gasteiger partial charge in [0.25, 0.3) is 0 Å². The van der Waals surface area contributed by atoms with Gasteiger partial charge in [0.2, 0.25) is 11.7 Å². The Bertz CT molecular complexity index is 538. The molecule has 2 aromatic heterocycles. The van der Waals surface area contributed by atoms with Gasteiger partial charge in [-0.3, -0.25) is 0 Å². The first-order valence-corrected chi connectivity index (χ1v) is 6.83. The highest BCUT2D eigenvalue weighted by molar-refractivity contribution is 5.51. The van der Waals surface area contributed by atoms with E-state index >= 15 is 0 Å². The second-order valence-electron chi connectivity index (χ2n) is 5.23. The number of aryl methyl sites for hydroxylation is 1. The lowest BCUT2D eigenvalue weighted by Gasteiger charge is -2.25. The number of aromatic nitrogens is 2. The highest BCUT2D eigenvalue weighted by Crippen LogP contribution is 2.33. The van der Waals surface area contributed by atoms with Crippen molar-refractivity contribution in [3.8, 4) is 11.6 Å². The van der Waals surface area contributed by atoms with Gasteiger partial charge in [-0.25, -0.2) is 0 Å². The molecule has 1 N–H and O–H groups in total. The van der Waals surface area contributed by atoms with E-state index < -0.39 is 0 Å². The van der Waals surface area contributed by atoms with Gasteiger partial charge < -0.3 is 14.3 Å². The van der Waals surface area contributed by atoms with Crippen LogP contribution >= 0.6 is 0 Å². The van der Waals surface area contributed by atoms with Crippen LogP contribution in [0, 0.1) is 6.92 Å². The van der Waals surface area contributed by atoms with Gasteiger partial charge in [-0.15, -0.1) is 0 Å². The first kappa shape index (κ1) is 12.4. The topological polar surface area (TPSA) is 64.1 Å². The van der Waals surface area contributed by atoms with Crippen molar-refractivity contribution in [3.05, 3.63) is 23.8 Å². The zero-order chi connectivity index (χ0) is 13.2. The molecular formula is C14H19N3O2. The summed E-state index contributed by atoms with van der Waals surface area (Å²) in [5.41, 5.74) is 1.03. The molecule has 19 heavy (non-hydrogen) atoms. The van der Waals surface area contributed by atoms with E-state index in [4.69, 9.17) is 8.94 Å². The second-order valence-corrected chi connectivity index (χ2v) is 5.23. The Morgan fingerprint density at radius 3 is 2.68 bits per heavy atom. The van der Waals surface area contributed by atoms with E-state index in [1.54, 1.807) is 6.26 Å². The molecule has 0 aromatic carbocycles. The van der Waals surface area contributed by atoms with E-state index in [1.165, 1.54) is 12.8 Å². The van der Waals surface area contributed by atoms with Crippen LogP contribution in [-0.2, 0) is 0 Å². The predicted molar refractivity (Wildman–Crippen MR) is 70.8 cm³/mol. The maximum Gasteiger partial charge on any atom is 0.238 e. The minimum atomic E-state index is 0.390. The van der Waals surface area contributed by atoms with Gasteiger partial charge in [0.15, 0.2) is 5.76 Å². The van der Waals surface area contributed by atoms with Crippen molar-refractivity contribution in [2.24, 2.45) is 0 Å². The molecule has 1 aliphatic carbocycles. The molecule has 1 fully saturated rings. The van der Waals surface area contributed by atoms with Crippen molar-refractivity contribution in [1.29, 1.82) is 0 Å². The molecule has 0 radical (unpaired) electrons. The molecule has 102 valence electrons. The Balaban J connectivity index is 1.74. The Hall–Kier alpha value is -1.62. The number of hydrogen-bond acceptors (Lipinski definition) is 5. The maximum absolute atomic E-state index is 5.41. The molecule has 0 unspecified atom stereocenters. The minimum Gasteiger partial charge on any atom is -0.461 e. The Kier molecular flexibility index (Phi) is 3.38. The van der Waals surface area contributed by atoms with Crippen LogP contribution in [0.1, 0.15) is 43.1 Å². The van der Waals surface area contributed by atoms with Crippen molar-refractivity contribution in [2.45, 2.75) is 44.6 Å². The van der Waals surface area contributed by atoms with Crippen LogP contribution < -0.4 is 5.32 Å². The Morgan fingerprint density at radius 2 is 2.05 bits per heavy atom. The normalized spacial score (nSPS) is 23.7. The number of furan rings is 1. The molecule has 5 nitrogen and oxygen atoms in total. The van der Waals surface area contributed by atoms with Crippen molar-refractivity contribution in [3.63, 3.8) is 0 Å². The lowest BCUT2D eigenvalue weighted by molar-refractivity contribution is 0.288. The van der Waals surface area contributed by atoms with Gasteiger partial charge in [0.1, 0.15) is 0 Å². The molecule has 2 aromatic rings. The minimum absolute atomic E-state index is 0.390. The average Bonchev–Trinajstić information content (AvgIpc) is 3.07. The predicted octanol–water partition coefficient (Wildman–Crippen LogP) is 2.88. The molecule has 0 atom stereocenters. The molecule has 3 rings (SSSR count). The first-order chi connectivity index (χ1) is 9.28. The molecule has 1 aliphatic rings. The van der Waals surface area contributed by atoms with E-state index in [2.05, 4.69) is 15.5 Å². The van der Waals surface area contributed by atoms with E-state index in [9.17, 15) is 0 Å². The summed E-state index contributed by atoms with van der Waals surface area (Å²) in [5, 5.41) is 7.37. The zero-order valence-electron chi connectivity index (χ0n) is 11.3. The lowest BCUT2D eigenvalue weighted by Crippen LogP contribution is -2.29. The van der Waals surface area contributed by atoms with Crippen LogP contribution in [0.15, 0.2) is 21.3 Å². The van der Waals surface area contributed by atoms with Crippen molar-refractivity contribution in [2.75, 3.05) is 7.05 Å². The second kappa shape index (κ2) is 5.17. The smallest absolute Gasteiger partial charge is 0.238 e. The zero-order valence-corrected chi connectivity index (χ0v) is 11.3. The van der Waals surface area contributed by atoms with Gasteiger partial charge in [-0.1, -0.05) is 5.16 Å². The molecule has 0 spiro atoms. The number of rotatable bonds is 3. The molecule has 0 amide bonds. The third-order valence-electron chi connectivity index (χ3n) is 3.99. The third-order valence-corrected chi connectivity index (χ3v) is 3.99. The summed E-state index contributed by atoms with van der Waals surface area (Å²) in [6.07, 6.45) is 6.19. The summed E-state index contributed by atoms with van der Waals surface area (Å²) in [6.45, 7) is 1.98. The first-order valence-electron chi connectivity index (χ1n) is 6.83. The summed E-state index contributed by atoms with van der Waals surface area (Å²) in [7, 11) is 2.02. The van der Waals surface area contributed by atoms with Crippen LogP contribution in [-0.4, -0.2) is 23.2 Å². The van der Waals surface area contributed by atoms with E-state index in [0.717, 1.165) is 24.3 Å². The average molecular weight is 261 g/mol. The molecule has 2 heterocycles. The van der Waals surface area contributed by atoms with E-state index in [0.29, 0.717) is 23.5 Å². The van der Waals surface area contributed by atoms with Crippen LogP contribution in [0.4, 0.5) is 0 Å². The van der Waals surface area contributed by atoms with E-state index in [-0.39, 0.29) is 0 Å². The van der Waals surface area contributed by atoms with Crippen LogP contribution in [0.25, 0.3) is 11.6 Å². The Labute approximate surface area is 112 Å². The molecule has 1 saturated carbocycles. The molecule has 0 saturated heterocycles. The maximum atomic E-state index is 5.41. The summed E-state index contributed by atoms with van der Waals surface area (Å²) in [4.78, 5) is 4.50. The summed E-state index contributed by atoms with van der Waals surface area (Å²) >= 11 is 0. The van der Waals surface area contributed by atoms with Gasteiger partial charge in [-0.05, 0) is 51.3 Å². The van der Waals surface area contributed by atoms with Crippen LogP contribution in [0.2, 0.25) is 0 Å². The van der Waals surface area contributed by atoms with Gasteiger partial charge in [0, 0.05) is 12.0 Å². The third kappa shape index (κ3) is 2.42. The fourth-order valence-corrected chi connectivity index (χ4v) is 2.72. The molecule has 0 bridgehead atoms. The fraction of sp³-hybridized carbons (Fsp3) is 0.571. The van der Waals surface area contributed by atoms with Crippen molar-refractivity contribution >= 4 is 0 Å². The van der Waals surface area contributed by atoms with Crippen molar-refractivity contribution in [1.82, 2.24) is 15.5 Å². The molecule has 0 aliphatic heterocycles. The summed E-state index contributed by atoms with van der Waals surface area (Å²) < 4.78 is 10.8.